The van der Waals surface area contributed by atoms with E-state index in [0.717, 1.165) is 12.8 Å². The number of carbonyl (C=O) groups is 2. The molecule has 0 saturated carbocycles. The second-order valence-electron chi connectivity index (χ2n) is 4.89. The minimum Gasteiger partial charge on any atom is -0.378 e. The zero-order valence-corrected chi connectivity index (χ0v) is 11.7. The van der Waals surface area contributed by atoms with Gasteiger partial charge in [-0.1, -0.05) is 0 Å². The molecule has 6 nitrogen and oxygen atoms in total. The molecule has 1 aromatic rings. The number of nitrogens with one attached hydrogen (secondary N) is 2. The highest BCUT2D eigenvalue weighted by Crippen LogP contribution is 2.24. The van der Waals surface area contributed by atoms with Gasteiger partial charge in [0.2, 0.25) is 11.8 Å². The fourth-order valence-electron chi connectivity index (χ4n) is 2.27. The van der Waals surface area contributed by atoms with Crippen LogP contribution in [0.25, 0.3) is 0 Å². The van der Waals surface area contributed by atoms with Crippen LogP contribution in [0.2, 0.25) is 0 Å². The first-order chi connectivity index (χ1) is 9.58. The molecule has 1 aromatic heterocycles. The molecule has 2 N–H and O–H groups in total. The maximum Gasteiger partial charge on any atom is 0.231 e. The number of anilines is 2. The molecule has 2 amide bonds. The second kappa shape index (κ2) is 6.47. The average Bonchev–Trinajstić information content (AvgIpc) is 2.41. The van der Waals surface area contributed by atoms with E-state index in [9.17, 15) is 9.59 Å². The van der Waals surface area contributed by atoms with Gasteiger partial charge in [0, 0.05) is 19.7 Å². The Morgan fingerprint density at radius 1 is 1.40 bits per heavy atom. The quantitative estimate of drug-likeness (QED) is 0.882. The Kier molecular flexibility index (Phi) is 4.68. The third-order valence-corrected chi connectivity index (χ3v) is 3.30. The Balaban J connectivity index is 2.09. The monoisotopic (exact) mass is 277 g/mol. The smallest absolute Gasteiger partial charge is 0.231 e. The molecule has 0 bridgehead atoms. The van der Waals surface area contributed by atoms with E-state index < -0.39 is 0 Å². The van der Waals surface area contributed by atoms with Crippen LogP contribution in [0.15, 0.2) is 18.3 Å². The molecule has 1 saturated heterocycles. The predicted octanol–water partition coefficient (Wildman–Crippen LogP) is 1.79. The summed E-state index contributed by atoms with van der Waals surface area (Å²) in [6.07, 6.45) is 3.15. The molecular formula is C14H19N3O3. The molecule has 2 atom stereocenters. The van der Waals surface area contributed by atoms with Crippen LogP contribution in [-0.4, -0.2) is 29.5 Å². The molecular weight excluding hydrogens is 258 g/mol. The van der Waals surface area contributed by atoms with E-state index in [0.29, 0.717) is 18.1 Å². The van der Waals surface area contributed by atoms with Gasteiger partial charge in [0.15, 0.2) is 5.82 Å². The van der Waals surface area contributed by atoms with Gasteiger partial charge in [-0.15, -0.1) is 0 Å². The highest BCUT2D eigenvalue weighted by molar-refractivity contribution is 5.98. The first-order valence-electron chi connectivity index (χ1n) is 6.73. The van der Waals surface area contributed by atoms with Crippen molar-refractivity contribution in [2.45, 2.75) is 32.8 Å². The minimum atomic E-state index is -0.206. The van der Waals surface area contributed by atoms with Crippen LogP contribution in [0.5, 0.6) is 0 Å². The zero-order valence-electron chi connectivity index (χ0n) is 11.7. The van der Waals surface area contributed by atoms with Gasteiger partial charge in [-0.3, -0.25) is 9.59 Å². The number of amides is 2. The van der Waals surface area contributed by atoms with Crippen molar-refractivity contribution in [1.82, 2.24) is 4.98 Å². The van der Waals surface area contributed by atoms with E-state index in [2.05, 4.69) is 15.6 Å². The Bertz CT molecular complexity index is 504. The molecule has 2 unspecified atom stereocenters. The number of pyridine rings is 1. The number of hydrogen-bond acceptors (Lipinski definition) is 4. The first-order valence-corrected chi connectivity index (χ1v) is 6.73. The van der Waals surface area contributed by atoms with Crippen molar-refractivity contribution in [2.75, 3.05) is 17.2 Å². The summed E-state index contributed by atoms with van der Waals surface area (Å²) >= 11 is 0. The van der Waals surface area contributed by atoms with Gasteiger partial charge in [0.25, 0.3) is 0 Å². The third-order valence-electron chi connectivity index (χ3n) is 3.30. The topological polar surface area (TPSA) is 80.3 Å². The molecule has 0 aromatic carbocycles. The van der Waals surface area contributed by atoms with Crippen LogP contribution in [0.3, 0.4) is 0 Å². The number of carbonyl (C=O) groups excluding carboxylic acids is 2. The van der Waals surface area contributed by atoms with Gasteiger partial charge in [0.1, 0.15) is 0 Å². The van der Waals surface area contributed by atoms with Crippen molar-refractivity contribution < 1.29 is 14.3 Å². The van der Waals surface area contributed by atoms with Crippen molar-refractivity contribution in [2.24, 2.45) is 5.92 Å². The Hall–Kier alpha value is -1.95. The average molecular weight is 277 g/mol. The van der Waals surface area contributed by atoms with Gasteiger partial charge in [-0.05, 0) is 31.9 Å². The van der Waals surface area contributed by atoms with Crippen molar-refractivity contribution in [3.63, 3.8) is 0 Å². The standard InChI is InChI=1S/C14H19N3O3/c1-9-11(5-4-8-20-9)14(19)17-13-12(16-10(2)18)6-3-7-15-13/h3,6-7,9,11H,4-5,8H2,1-2H3,(H,16,18)(H,15,17,19). The normalized spacial score (nSPS) is 22.1. The summed E-state index contributed by atoms with van der Waals surface area (Å²) < 4.78 is 5.49. The summed E-state index contributed by atoms with van der Waals surface area (Å²) in [5.74, 6) is -0.147. The van der Waals surface area contributed by atoms with Crippen LogP contribution >= 0.6 is 0 Å². The van der Waals surface area contributed by atoms with Crippen molar-refractivity contribution in [3.05, 3.63) is 18.3 Å². The molecule has 20 heavy (non-hydrogen) atoms. The van der Waals surface area contributed by atoms with E-state index >= 15 is 0 Å². The lowest BCUT2D eigenvalue weighted by Crippen LogP contribution is -2.36. The lowest BCUT2D eigenvalue weighted by Gasteiger charge is -2.28. The largest absolute Gasteiger partial charge is 0.378 e. The Morgan fingerprint density at radius 3 is 2.90 bits per heavy atom. The molecule has 0 spiro atoms. The van der Waals surface area contributed by atoms with Crippen LogP contribution in [0.4, 0.5) is 11.5 Å². The van der Waals surface area contributed by atoms with Crippen LogP contribution < -0.4 is 10.6 Å². The van der Waals surface area contributed by atoms with Crippen LogP contribution in [0.1, 0.15) is 26.7 Å². The van der Waals surface area contributed by atoms with E-state index in [4.69, 9.17) is 4.74 Å². The third kappa shape index (κ3) is 3.54. The number of rotatable bonds is 3. The zero-order chi connectivity index (χ0) is 14.5. The molecule has 1 aliphatic heterocycles. The molecule has 0 radical (unpaired) electrons. The highest BCUT2D eigenvalue weighted by Gasteiger charge is 2.29. The van der Waals surface area contributed by atoms with Crippen molar-refractivity contribution >= 4 is 23.3 Å². The summed E-state index contributed by atoms with van der Waals surface area (Å²) in [6, 6.07) is 3.40. The fraction of sp³-hybridized carbons (Fsp3) is 0.500. The number of aromatic nitrogens is 1. The fourth-order valence-corrected chi connectivity index (χ4v) is 2.27. The van der Waals surface area contributed by atoms with E-state index in [-0.39, 0.29) is 23.8 Å². The second-order valence-corrected chi connectivity index (χ2v) is 4.89. The van der Waals surface area contributed by atoms with Crippen LogP contribution in [0, 0.1) is 5.92 Å². The first kappa shape index (κ1) is 14.5. The highest BCUT2D eigenvalue weighted by atomic mass is 16.5. The maximum atomic E-state index is 12.3. The van der Waals surface area contributed by atoms with Gasteiger partial charge < -0.3 is 15.4 Å². The Labute approximate surface area is 117 Å². The molecule has 1 aliphatic rings. The van der Waals surface area contributed by atoms with Gasteiger partial charge >= 0.3 is 0 Å². The molecule has 0 aliphatic carbocycles. The van der Waals surface area contributed by atoms with Gasteiger partial charge in [-0.2, -0.15) is 0 Å². The molecule has 1 fully saturated rings. The lowest BCUT2D eigenvalue weighted by molar-refractivity contribution is -0.128. The SMILES string of the molecule is CC(=O)Nc1cccnc1NC(=O)C1CCCOC1C. The molecule has 108 valence electrons. The summed E-state index contributed by atoms with van der Waals surface area (Å²) in [5, 5.41) is 5.42. The van der Waals surface area contributed by atoms with E-state index in [1.165, 1.54) is 6.92 Å². The summed E-state index contributed by atoms with van der Waals surface area (Å²) in [7, 11) is 0. The van der Waals surface area contributed by atoms with Crippen molar-refractivity contribution in [1.29, 1.82) is 0 Å². The summed E-state index contributed by atoms with van der Waals surface area (Å²) in [4.78, 5) is 27.5. The minimum absolute atomic E-state index is 0.100. The molecule has 2 rings (SSSR count). The summed E-state index contributed by atoms with van der Waals surface area (Å²) in [5.41, 5.74) is 0.498. The number of hydrogen-bond donors (Lipinski definition) is 2. The maximum absolute atomic E-state index is 12.3. The van der Waals surface area contributed by atoms with E-state index in [1.54, 1.807) is 18.3 Å². The van der Waals surface area contributed by atoms with Gasteiger partial charge in [0.05, 0.1) is 17.7 Å². The lowest BCUT2D eigenvalue weighted by atomic mass is 9.94. The summed E-state index contributed by atoms with van der Waals surface area (Å²) in [6.45, 7) is 4.01. The van der Waals surface area contributed by atoms with E-state index in [1.807, 2.05) is 6.92 Å². The predicted molar refractivity (Wildman–Crippen MR) is 75.3 cm³/mol. The molecule has 2 heterocycles. The number of ether oxygens (including phenoxy) is 1. The van der Waals surface area contributed by atoms with Gasteiger partial charge in [-0.25, -0.2) is 4.98 Å². The van der Waals surface area contributed by atoms with Crippen LogP contribution in [-0.2, 0) is 14.3 Å². The molecule has 6 heteroatoms. The number of nitrogens with zero attached hydrogens (tertiary/aromatic N) is 1. The Morgan fingerprint density at radius 2 is 2.20 bits per heavy atom. The van der Waals surface area contributed by atoms with Crippen molar-refractivity contribution in [3.8, 4) is 0 Å².